The van der Waals surface area contributed by atoms with Gasteiger partial charge in [0.1, 0.15) is 5.82 Å². The minimum Gasteiger partial charge on any atom is -0.395 e. The van der Waals surface area contributed by atoms with Gasteiger partial charge in [0.25, 0.3) is 0 Å². The molecule has 5 nitrogen and oxygen atoms in total. The number of aromatic nitrogens is 2. The SMILES string of the molecule is CC(CO)NCc1cn(C)nc1N. The zero-order chi connectivity index (χ0) is 9.84. The molecule has 0 spiro atoms. The molecule has 74 valence electrons. The Hall–Kier alpha value is -1.07. The summed E-state index contributed by atoms with van der Waals surface area (Å²) in [6, 6.07) is 0.0830. The Morgan fingerprint density at radius 2 is 2.46 bits per heavy atom. The van der Waals surface area contributed by atoms with Gasteiger partial charge >= 0.3 is 0 Å². The van der Waals surface area contributed by atoms with Crippen molar-refractivity contribution in [3.63, 3.8) is 0 Å². The fourth-order valence-corrected chi connectivity index (χ4v) is 1.04. The Balaban J connectivity index is 2.49. The lowest BCUT2D eigenvalue weighted by Crippen LogP contribution is -2.28. The first-order chi connectivity index (χ1) is 6.13. The molecule has 1 atom stereocenters. The molecular weight excluding hydrogens is 168 g/mol. The summed E-state index contributed by atoms with van der Waals surface area (Å²) < 4.78 is 1.68. The molecule has 0 aliphatic heterocycles. The van der Waals surface area contributed by atoms with Crippen molar-refractivity contribution in [3.05, 3.63) is 11.8 Å². The smallest absolute Gasteiger partial charge is 0.149 e. The highest BCUT2D eigenvalue weighted by Crippen LogP contribution is 2.07. The monoisotopic (exact) mass is 184 g/mol. The van der Waals surface area contributed by atoms with E-state index in [1.165, 1.54) is 0 Å². The number of aliphatic hydroxyl groups is 1. The van der Waals surface area contributed by atoms with E-state index in [1.54, 1.807) is 4.68 Å². The molecule has 0 aliphatic carbocycles. The van der Waals surface area contributed by atoms with Gasteiger partial charge in [0.05, 0.1) is 6.61 Å². The lowest BCUT2D eigenvalue weighted by molar-refractivity contribution is 0.251. The summed E-state index contributed by atoms with van der Waals surface area (Å²) in [6.45, 7) is 2.67. The van der Waals surface area contributed by atoms with Gasteiger partial charge in [-0.05, 0) is 6.92 Å². The highest BCUT2D eigenvalue weighted by molar-refractivity contribution is 5.36. The van der Waals surface area contributed by atoms with Crippen molar-refractivity contribution in [1.82, 2.24) is 15.1 Å². The van der Waals surface area contributed by atoms with Crippen LogP contribution in [0.25, 0.3) is 0 Å². The molecule has 1 rings (SSSR count). The molecule has 5 heteroatoms. The third-order valence-electron chi connectivity index (χ3n) is 1.85. The van der Waals surface area contributed by atoms with Crippen LogP contribution in [0.4, 0.5) is 5.82 Å². The zero-order valence-electron chi connectivity index (χ0n) is 7.99. The molecule has 1 unspecified atom stereocenters. The Kier molecular flexibility index (Phi) is 3.27. The number of nitrogen functional groups attached to an aromatic ring is 1. The van der Waals surface area contributed by atoms with Crippen LogP contribution in [-0.4, -0.2) is 27.5 Å². The van der Waals surface area contributed by atoms with Gasteiger partial charge < -0.3 is 16.2 Å². The first-order valence-corrected chi connectivity index (χ1v) is 4.25. The molecule has 1 aromatic heterocycles. The van der Waals surface area contributed by atoms with E-state index in [2.05, 4.69) is 10.4 Å². The molecule has 0 aromatic carbocycles. The van der Waals surface area contributed by atoms with Crippen molar-refractivity contribution in [3.8, 4) is 0 Å². The summed E-state index contributed by atoms with van der Waals surface area (Å²) >= 11 is 0. The van der Waals surface area contributed by atoms with Crippen molar-refractivity contribution in [2.75, 3.05) is 12.3 Å². The third kappa shape index (κ3) is 2.71. The second-order valence-corrected chi connectivity index (χ2v) is 3.18. The molecular formula is C8H16N4O. The largest absolute Gasteiger partial charge is 0.395 e. The van der Waals surface area contributed by atoms with Gasteiger partial charge in [-0.15, -0.1) is 0 Å². The quantitative estimate of drug-likeness (QED) is 0.588. The van der Waals surface area contributed by atoms with Crippen LogP contribution in [0, 0.1) is 0 Å². The van der Waals surface area contributed by atoms with E-state index >= 15 is 0 Å². The molecule has 0 fully saturated rings. The fraction of sp³-hybridized carbons (Fsp3) is 0.625. The van der Waals surface area contributed by atoms with E-state index in [-0.39, 0.29) is 12.6 Å². The lowest BCUT2D eigenvalue weighted by atomic mass is 10.3. The molecule has 4 N–H and O–H groups in total. The normalized spacial score (nSPS) is 13.2. The average Bonchev–Trinajstić information content (AvgIpc) is 2.41. The molecule has 0 bridgehead atoms. The van der Waals surface area contributed by atoms with E-state index in [0.717, 1.165) is 5.56 Å². The zero-order valence-corrected chi connectivity index (χ0v) is 7.99. The Morgan fingerprint density at radius 3 is 2.92 bits per heavy atom. The van der Waals surface area contributed by atoms with Crippen LogP contribution >= 0.6 is 0 Å². The van der Waals surface area contributed by atoms with Crippen LogP contribution < -0.4 is 11.1 Å². The minimum absolute atomic E-state index is 0.0830. The summed E-state index contributed by atoms with van der Waals surface area (Å²) in [5.74, 6) is 0.542. The van der Waals surface area contributed by atoms with Crippen LogP contribution in [0.5, 0.6) is 0 Å². The summed E-state index contributed by atoms with van der Waals surface area (Å²) in [5, 5.41) is 15.9. The number of aryl methyl sites for hydroxylation is 1. The molecule has 0 saturated carbocycles. The van der Waals surface area contributed by atoms with Gasteiger partial charge in [-0.3, -0.25) is 4.68 Å². The first-order valence-electron chi connectivity index (χ1n) is 4.25. The van der Waals surface area contributed by atoms with Crippen LogP contribution in [0.3, 0.4) is 0 Å². The molecule has 1 aromatic rings. The van der Waals surface area contributed by atoms with E-state index in [0.29, 0.717) is 12.4 Å². The van der Waals surface area contributed by atoms with E-state index in [4.69, 9.17) is 10.8 Å². The summed E-state index contributed by atoms with van der Waals surface area (Å²) in [4.78, 5) is 0. The fourth-order valence-electron chi connectivity index (χ4n) is 1.04. The predicted molar refractivity (Wildman–Crippen MR) is 51.0 cm³/mol. The summed E-state index contributed by atoms with van der Waals surface area (Å²) in [6.07, 6.45) is 1.87. The van der Waals surface area contributed by atoms with Gasteiger partial charge in [-0.2, -0.15) is 5.10 Å². The van der Waals surface area contributed by atoms with Gasteiger partial charge in [0.2, 0.25) is 0 Å². The molecule has 0 radical (unpaired) electrons. The van der Waals surface area contributed by atoms with Crippen LogP contribution in [-0.2, 0) is 13.6 Å². The summed E-state index contributed by atoms with van der Waals surface area (Å²) in [7, 11) is 1.83. The van der Waals surface area contributed by atoms with Crippen molar-refractivity contribution in [2.24, 2.45) is 7.05 Å². The van der Waals surface area contributed by atoms with Crippen LogP contribution in [0.1, 0.15) is 12.5 Å². The van der Waals surface area contributed by atoms with E-state index in [9.17, 15) is 0 Å². The highest BCUT2D eigenvalue weighted by Gasteiger charge is 2.05. The predicted octanol–water partition coefficient (Wildman–Crippen LogP) is -0.527. The maximum absolute atomic E-state index is 8.77. The number of nitrogens with zero attached hydrogens (tertiary/aromatic N) is 2. The number of nitrogens with one attached hydrogen (secondary N) is 1. The van der Waals surface area contributed by atoms with Crippen LogP contribution in [0.15, 0.2) is 6.20 Å². The molecule has 0 saturated heterocycles. The number of hydrogen-bond acceptors (Lipinski definition) is 4. The Morgan fingerprint density at radius 1 is 1.77 bits per heavy atom. The number of nitrogens with two attached hydrogens (primary N) is 1. The molecule has 13 heavy (non-hydrogen) atoms. The number of aliphatic hydroxyl groups excluding tert-OH is 1. The van der Waals surface area contributed by atoms with Gasteiger partial charge in [0, 0.05) is 31.4 Å². The van der Waals surface area contributed by atoms with E-state index < -0.39 is 0 Å². The Labute approximate surface area is 77.5 Å². The van der Waals surface area contributed by atoms with Crippen molar-refractivity contribution in [2.45, 2.75) is 19.5 Å². The third-order valence-corrected chi connectivity index (χ3v) is 1.85. The average molecular weight is 184 g/mol. The van der Waals surface area contributed by atoms with Gasteiger partial charge in [-0.25, -0.2) is 0 Å². The standard InChI is InChI=1S/C8H16N4O/c1-6(5-13)10-3-7-4-12(2)11-8(7)9/h4,6,10,13H,3,5H2,1-2H3,(H2,9,11). The second kappa shape index (κ2) is 4.25. The molecule has 0 amide bonds. The maximum atomic E-state index is 8.77. The van der Waals surface area contributed by atoms with Crippen molar-refractivity contribution in [1.29, 1.82) is 0 Å². The highest BCUT2D eigenvalue weighted by atomic mass is 16.3. The van der Waals surface area contributed by atoms with E-state index in [1.807, 2.05) is 20.2 Å². The molecule has 1 heterocycles. The van der Waals surface area contributed by atoms with Crippen molar-refractivity contribution >= 4 is 5.82 Å². The lowest BCUT2D eigenvalue weighted by Gasteiger charge is -2.08. The second-order valence-electron chi connectivity index (χ2n) is 3.18. The number of anilines is 1. The first kappa shape index (κ1) is 10.0. The number of hydrogen-bond donors (Lipinski definition) is 3. The molecule has 0 aliphatic rings. The van der Waals surface area contributed by atoms with Gasteiger partial charge in [0.15, 0.2) is 0 Å². The van der Waals surface area contributed by atoms with Crippen LogP contribution in [0.2, 0.25) is 0 Å². The maximum Gasteiger partial charge on any atom is 0.149 e. The summed E-state index contributed by atoms with van der Waals surface area (Å²) in [5.41, 5.74) is 6.60. The topological polar surface area (TPSA) is 76.1 Å². The Bertz CT molecular complexity index is 271. The number of rotatable bonds is 4. The van der Waals surface area contributed by atoms with Gasteiger partial charge in [-0.1, -0.05) is 0 Å². The van der Waals surface area contributed by atoms with Crippen molar-refractivity contribution < 1.29 is 5.11 Å². The minimum atomic E-state index is 0.0830.